The number of amides is 1. The van der Waals surface area contributed by atoms with Gasteiger partial charge in [-0.05, 0) is 43.0 Å². The third-order valence-electron chi connectivity index (χ3n) is 4.42. The van der Waals surface area contributed by atoms with Crippen LogP contribution >= 0.6 is 0 Å². The zero-order valence-electron chi connectivity index (χ0n) is 13.6. The number of aromatic amines is 1. The smallest absolute Gasteiger partial charge is 0.248 e. The minimum absolute atomic E-state index is 0.0747. The molecule has 1 aromatic heterocycles. The number of morpholine rings is 1. The van der Waals surface area contributed by atoms with E-state index in [-0.39, 0.29) is 5.91 Å². The van der Waals surface area contributed by atoms with E-state index in [4.69, 9.17) is 4.74 Å². The number of H-pyrrole nitrogens is 1. The molecule has 2 aromatic rings. The average molecular weight is 326 g/mol. The number of carbonyl (C=O) groups is 1. The van der Waals surface area contributed by atoms with Crippen LogP contribution in [0.2, 0.25) is 0 Å². The number of hydrogen-bond donors (Lipinski definition) is 2. The Morgan fingerprint density at radius 3 is 3.00 bits per heavy atom. The number of aromatic nitrogens is 2. The number of nitrogens with one attached hydrogen (secondary N) is 2. The second kappa shape index (κ2) is 6.75. The van der Waals surface area contributed by atoms with Crippen LogP contribution in [0.4, 0.5) is 5.69 Å². The number of rotatable bonds is 5. The van der Waals surface area contributed by atoms with E-state index in [2.05, 4.69) is 20.2 Å². The molecule has 0 spiro atoms. The highest BCUT2D eigenvalue weighted by molar-refractivity contribution is 6.00. The van der Waals surface area contributed by atoms with Crippen molar-refractivity contribution in [3.05, 3.63) is 36.2 Å². The third-order valence-corrected chi connectivity index (χ3v) is 4.42. The third kappa shape index (κ3) is 3.83. The van der Waals surface area contributed by atoms with Gasteiger partial charge in [0.1, 0.15) is 5.82 Å². The second-order valence-corrected chi connectivity index (χ2v) is 6.49. The van der Waals surface area contributed by atoms with Crippen molar-refractivity contribution in [2.75, 3.05) is 31.6 Å². The SMILES string of the molecule is O=C(/C=C/C1CC1)Nc1ccc2nc(CN3CCOCC3)[nH]c2c1. The first-order chi connectivity index (χ1) is 11.8. The van der Waals surface area contributed by atoms with Crippen LogP contribution in [0.1, 0.15) is 18.7 Å². The van der Waals surface area contributed by atoms with Crippen LogP contribution in [-0.4, -0.2) is 47.1 Å². The summed E-state index contributed by atoms with van der Waals surface area (Å²) in [6.07, 6.45) is 6.04. The summed E-state index contributed by atoms with van der Waals surface area (Å²) in [5, 5.41) is 2.91. The predicted octanol–water partition coefficient (Wildman–Crippen LogP) is 2.30. The van der Waals surface area contributed by atoms with Crippen molar-refractivity contribution in [2.24, 2.45) is 5.92 Å². The first-order valence-corrected chi connectivity index (χ1v) is 8.54. The fourth-order valence-corrected chi connectivity index (χ4v) is 2.88. The zero-order chi connectivity index (χ0) is 16.4. The number of ether oxygens (including phenoxy) is 1. The summed E-state index contributed by atoms with van der Waals surface area (Å²) >= 11 is 0. The lowest BCUT2D eigenvalue weighted by molar-refractivity contribution is -0.111. The standard InChI is InChI=1S/C18H22N4O2/c23-18(6-3-13-1-2-13)19-14-4-5-15-16(11-14)21-17(20-15)12-22-7-9-24-10-8-22/h3-6,11,13H,1-2,7-10,12H2,(H,19,23)(H,20,21)/b6-3+. The van der Waals surface area contributed by atoms with Crippen LogP contribution in [-0.2, 0) is 16.1 Å². The first-order valence-electron chi connectivity index (χ1n) is 8.54. The number of allylic oxidation sites excluding steroid dienone is 1. The number of benzene rings is 1. The summed E-state index contributed by atoms with van der Waals surface area (Å²) in [6.45, 7) is 4.23. The normalized spacial score (nSPS) is 19.2. The van der Waals surface area contributed by atoms with Gasteiger partial charge < -0.3 is 15.0 Å². The molecule has 2 N–H and O–H groups in total. The minimum Gasteiger partial charge on any atom is -0.379 e. The van der Waals surface area contributed by atoms with E-state index in [0.717, 1.165) is 55.4 Å². The topological polar surface area (TPSA) is 70.2 Å². The average Bonchev–Trinajstić information content (AvgIpc) is 3.33. The van der Waals surface area contributed by atoms with Gasteiger partial charge >= 0.3 is 0 Å². The van der Waals surface area contributed by atoms with Gasteiger partial charge in [-0.1, -0.05) is 6.08 Å². The second-order valence-electron chi connectivity index (χ2n) is 6.49. The quantitative estimate of drug-likeness (QED) is 0.827. The Labute approximate surface area is 140 Å². The first kappa shape index (κ1) is 15.4. The number of nitrogens with zero attached hydrogens (tertiary/aromatic N) is 2. The molecule has 6 heteroatoms. The summed E-state index contributed by atoms with van der Waals surface area (Å²) in [7, 11) is 0. The zero-order valence-corrected chi connectivity index (χ0v) is 13.6. The van der Waals surface area contributed by atoms with E-state index >= 15 is 0 Å². The molecule has 1 aliphatic carbocycles. The Morgan fingerprint density at radius 2 is 2.21 bits per heavy atom. The largest absolute Gasteiger partial charge is 0.379 e. The van der Waals surface area contributed by atoms with Crippen molar-refractivity contribution in [3.63, 3.8) is 0 Å². The molecule has 1 saturated carbocycles. The molecule has 0 radical (unpaired) electrons. The Morgan fingerprint density at radius 1 is 1.38 bits per heavy atom. The molecular formula is C18H22N4O2. The highest BCUT2D eigenvalue weighted by Gasteiger charge is 2.17. The molecule has 1 aromatic carbocycles. The Kier molecular flexibility index (Phi) is 4.32. The van der Waals surface area contributed by atoms with Gasteiger partial charge in [0.05, 0.1) is 30.8 Å². The van der Waals surface area contributed by atoms with Gasteiger partial charge in [0.15, 0.2) is 0 Å². The predicted molar refractivity (Wildman–Crippen MR) is 92.7 cm³/mol. The van der Waals surface area contributed by atoms with E-state index in [1.165, 1.54) is 12.8 Å². The van der Waals surface area contributed by atoms with Crippen molar-refractivity contribution in [3.8, 4) is 0 Å². The van der Waals surface area contributed by atoms with Gasteiger partial charge in [0.2, 0.25) is 5.91 Å². The number of fused-ring (bicyclic) bond motifs is 1. The lowest BCUT2D eigenvalue weighted by atomic mass is 10.2. The molecule has 2 fully saturated rings. The van der Waals surface area contributed by atoms with E-state index in [1.807, 2.05) is 24.3 Å². The molecule has 1 amide bonds. The molecule has 24 heavy (non-hydrogen) atoms. The molecule has 0 bridgehead atoms. The van der Waals surface area contributed by atoms with Crippen molar-refractivity contribution in [2.45, 2.75) is 19.4 Å². The van der Waals surface area contributed by atoms with E-state index < -0.39 is 0 Å². The number of imidazole rings is 1. The van der Waals surface area contributed by atoms with E-state index in [1.54, 1.807) is 6.08 Å². The van der Waals surface area contributed by atoms with Crippen molar-refractivity contribution in [1.82, 2.24) is 14.9 Å². The van der Waals surface area contributed by atoms with Gasteiger partial charge in [0, 0.05) is 18.8 Å². The number of carbonyl (C=O) groups excluding carboxylic acids is 1. The highest BCUT2D eigenvalue weighted by Crippen LogP contribution is 2.30. The molecule has 4 rings (SSSR count). The summed E-state index contributed by atoms with van der Waals surface area (Å²) in [5.41, 5.74) is 2.65. The molecule has 126 valence electrons. The van der Waals surface area contributed by atoms with Crippen LogP contribution in [0.25, 0.3) is 11.0 Å². The van der Waals surface area contributed by atoms with Gasteiger partial charge in [-0.2, -0.15) is 0 Å². The van der Waals surface area contributed by atoms with E-state index in [9.17, 15) is 4.79 Å². The van der Waals surface area contributed by atoms with E-state index in [0.29, 0.717) is 5.92 Å². The Hall–Kier alpha value is -2.18. The maximum atomic E-state index is 11.9. The molecule has 2 aliphatic rings. The van der Waals surface area contributed by atoms with Gasteiger partial charge in [0.25, 0.3) is 0 Å². The minimum atomic E-state index is -0.0747. The van der Waals surface area contributed by atoms with Gasteiger partial charge in [-0.25, -0.2) is 4.98 Å². The number of hydrogen-bond acceptors (Lipinski definition) is 4. The molecule has 2 heterocycles. The fraction of sp³-hybridized carbons (Fsp3) is 0.444. The van der Waals surface area contributed by atoms with Crippen LogP contribution in [0.15, 0.2) is 30.4 Å². The molecule has 0 unspecified atom stereocenters. The van der Waals surface area contributed by atoms with Crippen LogP contribution in [0, 0.1) is 5.92 Å². The maximum absolute atomic E-state index is 11.9. The molecule has 1 saturated heterocycles. The lowest BCUT2D eigenvalue weighted by Gasteiger charge is -2.25. The van der Waals surface area contributed by atoms with Crippen molar-refractivity contribution >= 4 is 22.6 Å². The lowest BCUT2D eigenvalue weighted by Crippen LogP contribution is -2.35. The van der Waals surface area contributed by atoms with Gasteiger partial charge in [-0.15, -0.1) is 0 Å². The highest BCUT2D eigenvalue weighted by atomic mass is 16.5. The van der Waals surface area contributed by atoms with Crippen LogP contribution in [0.3, 0.4) is 0 Å². The van der Waals surface area contributed by atoms with Crippen LogP contribution in [0.5, 0.6) is 0 Å². The van der Waals surface area contributed by atoms with Crippen LogP contribution < -0.4 is 5.32 Å². The molecule has 6 nitrogen and oxygen atoms in total. The fourth-order valence-electron chi connectivity index (χ4n) is 2.88. The maximum Gasteiger partial charge on any atom is 0.248 e. The number of anilines is 1. The monoisotopic (exact) mass is 326 g/mol. The van der Waals surface area contributed by atoms with Gasteiger partial charge in [-0.3, -0.25) is 9.69 Å². The molecule has 0 atom stereocenters. The van der Waals surface area contributed by atoms with Crippen molar-refractivity contribution in [1.29, 1.82) is 0 Å². The molecule has 1 aliphatic heterocycles. The summed E-state index contributed by atoms with van der Waals surface area (Å²) in [5.74, 6) is 1.48. The summed E-state index contributed by atoms with van der Waals surface area (Å²) in [4.78, 5) is 22.2. The van der Waals surface area contributed by atoms with Crippen molar-refractivity contribution < 1.29 is 9.53 Å². The summed E-state index contributed by atoms with van der Waals surface area (Å²) < 4.78 is 5.37. The Bertz CT molecular complexity index is 757. The summed E-state index contributed by atoms with van der Waals surface area (Å²) in [6, 6.07) is 5.77. The molecular weight excluding hydrogens is 304 g/mol. The Balaban J connectivity index is 1.43.